The molecule has 0 aliphatic heterocycles. The maximum atomic E-state index is 12.3. The van der Waals surface area contributed by atoms with Crippen LogP contribution in [0.25, 0.3) is 6.08 Å². The molecule has 0 aliphatic carbocycles. The van der Waals surface area contributed by atoms with Gasteiger partial charge in [-0.05, 0) is 64.0 Å². The van der Waals surface area contributed by atoms with Crippen molar-refractivity contribution in [2.75, 3.05) is 19.0 Å². The number of carbonyl (C=O) groups is 2. The molecule has 28 heavy (non-hydrogen) atoms. The molecule has 0 atom stereocenters. The van der Waals surface area contributed by atoms with Crippen LogP contribution in [0.2, 0.25) is 5.02 Å². The monoisotopic (exact) mass is 526 g/mol. The van der Waals surface area contributed by atoms with Gasteiger partial charge < -0.3 is 14.8 Å². The summed E-state index contributed by atoms with van der Waals surface area (Å²) in [5, 5.41) is 12.2. The number of nitrogens with zero attached hydrogens (tertiary/aromatic N) is 1. The van der Waals surface area contributed by atoms with Gasteiger partial charge in [0.1, 0.15) is 11.6 Å². The van der Waals surface area contributed by atoms with Crippen LogP contribution in [0, 0.1) is 11.3 Å². The normalized spacial score (nSPS) is 10.8. The lowest BCUT2D eigenvalue weighted by Gasteiger charge is -2.10. The molecular weight excluding hydrogens is 515 g/mol. The number of benzene rings is 2. The lowest BCUT2D eigenvalue weighted by Crippen LogP contribution is -2.13. The average Bonchev–Trinajstić information content (AvgIpc) is 2.66. The van der Waals surface area contributed by atoms with Gasteiger partial charge in [0.2, 0.25) is 0 Å². The van der Waals surface area contributed by atoms with Gasteiger partial charge >= 0.3 is 5.97 Å². The molecule has 0 fully saturated rings. The quantitative estimate of drug-likeness (QED) is 0.325. The number of anilines is 1. The van der Waals surface area contributed by atoms with Crippen LogP contribution in [-0.2, 0) is 14.3 Å². The highest BCUT2D eigenvalue weighted by Crippen LogP contribution is 2.35. The predicted octanol–water partition coefficient (Wildman–Crippen LogP) is 4.96. The third-order valence-electron chi connectivity index (χ3n) is 3.36. The molecule has 0 unspecified atom stereocenters. The van der Waals surface area contributed by atoms with Crippen LogP contribution >= 0.6 is 43.5 Å². The lowest BCUT2D eigenvalue weighted by atomic mass is 10.1. The highest BCUT2D eigenvalue weighted by atomic mass is 79.9. The van der Waals surface area contributed by atoms with Gasteiger partial charge in [-0.2, -0.15) is 5.26 Å². The first-order valence-electron chi connectivity index (χ1n) is 7.71. The number of rotatable bonds is 6. The van der Waals surface area contributed by atoms with Gasteiger partial charge in [-0.1, -0.05) is 27.5 Å². The Balaban J connectivity index is 2.21. The second-order valence-corrected chi connectivity index (χ2v) is 7.49. The van der Waals surface area contributed by atoms with E-state index >= 15 is 0 Å². The Labute approximate surface area is 183 Å². The van der Waals surface area contributed by atoms with E-state index in [1.54, 1.807) is 30.3 Å². The molecule has 144 valence electrons. The van der Waals surface area contributed by atoms with E-state index in [2.05, 4.69) is 41.9 Å². The first-order valence-corrected chi connectivity index (χ1v) is 9.67. The summed E-state index contributed by atoms with van der Waals surface area (Å²) in [6.45, 7) is -0.303. The molecular formula is C19H13Br2ClN2O4. The SMILES string of the molecule is COC(=O)COc1c(Cl)cc(/C=C(/C#N)C(=O)Nc2ccc(Br)cc2)cc1Br. The van der Waals surface area contributed by atoms with Crippen LogP contribution in [0.1, 0.15) is 5.56 Å². The van der Waals surface area contributed by atoms with Gasteiger partial charge in [0, 0.05) is 10.2 Å². The second kappa shape index (κ2) is 10.3. The predicted molar refractivity (Wildman–Crippen MR) is 113 cm³/mol. The third-order valence-corrected chi connectivity index (χ3v) is 4.76. The van der Waals surface area contributed by atoms with E-state index in [1.165, 1.54) is 19.3 Å². The summed E-state index contributed by atoms with van der Waals surface area (Å²) in [6, 6.07) is 12.0. The molecule has 1 N–H and O–H groups in total. The molecule has 0 heterocycles. The molecule has 2 aromatic carbocycles. The van der Waals surface area contributed by atoms with Crippen LogP contribution in [-0.4, -0.2) is 25.6 Å². The maximum absolute atomic E-state index is 12.3. The molecule has 0 saturated heterocycles. The van der Waals surface area contributed by atoms with Gasteiger partial charge in [0.05, 0.1) is 16.6 Å². The number of ether oxygens (including phenoxy) is 2. The van der Waals surface area contributed by atoms with E-state index < -0.39 is 11.9 Å². The highest BCUT2D eigenvalue weighted by Gasteiger charge is 2.14. The molecule has 6 nitrogen and oxygen atoms in total. The number of halogens is 3. The van der Waals surface area contributed by atoms with Gasteiger partial charge in [0.15, 0.2) is 12.4 Å². The fourth-order valence-electron chi connectivity index (χ4n) is 2.04. The first-order chi connectivity index (χ1) is 13.3. The number of amides is 1. The fourth-order valence-corrected chi connectivity index (χ4v) is 3.29. The number of methoxy groups -OCH3 is 1. The highest BCUT2D eigenvalue weighted by molar-refractivity contribution is 9.10. The lowest BCUT2D eigenvalue weighted by molar-refractivity contribution is -0.142. The van der Waals surface area contributed by atoms with Crippen molar-refractivity contribution in [2.24, 2.45) is 0 Å². The van der Waals surface area contributed by atoms with E-state index in [4.69, 9.17) is 16.3 Å². The molecule has 2 rings (SSSR count). The Morgan fingerprint density at radius 2 is 1.93 bits per heavy atom. The molecule has 0 saturated carbocycles. The van der Waals surface area contributed by atoms with Crippen LogP contribution in [0.5, 0.6) is 5.75 Å². The Bertz CT molecular complexity index is 946. The number of carbonyl (C=O) groups excluding carboxylic acids is 2. The first kappa shape index (κ1) is 22.0. The van der Waals surface area contributed by atoms with Crippen LogP contribution in [0.3, 0.4) is 0 Å². The topological polar surface area (TPSA) is 88.4 Å². The molecule has 0 bridgehead atoms. The minimum Gasteiger partial charge on any atom is -0.479 e. The van der Waals surface area contributed by atoms with Crippen LogP contribution in [0.4, 0.5) is 5.69 Å². The van der Waals surface area contributed by atoms with Gasteiger partial charge in [0.25, 0.3) is 5.91 Å². The number of hydrogen-bond acceptors (Lipinski definition) is 5. The van der Waals surface area contributed by atoms with Crippen molar-refractivity contribution in [1.29, 1.82) is 5.26 Å². The molecule has 1 amide bonds. The average molecular weight is 529 g/mol. The van der Waals surface area contributed by atoms with E-state index in [-0.39, 0.29) is 23.0 Å². The fraction of sp³-hybridized carbons (Fsp3) is 0.105. The molecule has 0 spiro atoms. The molecule has 0 radical (unpaired) electrons. The van der Waals surface area contributed by atoms with Crippen LogP contribution < -0.4 is 10.1 Å². The Morgan fingerprint density at radius 1 is 1.25 bits per heavy atom. The van der Waals surface area contributed by atoms with Crippen LogP contribution in [0.15, 0.2) is 50.9 Å². The molecule has 0 aliphatic rings. The van der Waals surface area contributed by atoms with E-state index in [1.807, 2.05) is 6.07 Å². The maximum Gasteiger partial charge on any atom is 0.343 e. The smallest absolute Gasteiger partial charge is 0.343 e. The minimum atomic E-state index is -0.553. The zero-order chi connectivity index (χ0) is 20.7. The Kier molecular flexibility index (Phi) is 8.05. The summed E-state index contributed by atoms with van der Waals surface area (Å²) in [4.78, 5) is 23.6. The summed E-state index contributed by atoms with van der Waals surface area (Å²) < 4.78 is 11.2. The van der Waals surface area contributed by atoms with Crippen molar-refractivity contribution in [3.05, 3.63) is 61.5 Å². The van der Waals surface area contributed by atoms with Crippen molar-refractivity contribution in [3.8, 4) is 11.8 Å². The van der Waals surface area contributed by atoms with Crippen molar-refractivity contribution >= 4 is 67.1 Å². The summed E-state index contributed by atoms with van der Waals surface area (Å²) in [6.07, 6.45) is 1.40. The van der Waals surface area contributed by atoms with Gasteiger partial charge in [-0.15, -0.1) is 0 Å². The Hall–Kier alpha value is -2.34. The summed E-state index contributed by atoms with van der Waals surface area (Å²) in [5.41, 5.74) is 0.957. The third kappa shape index (κ3) is 6.09. The molecule has 9 heteroatoms. The van der Waals surface area contributed by atoms with Gasteiger partial charge in [-0.25, -0.2) is 4.79 Å². The van der Waals surface area contributed by atoms with Crippen molar-refractivity contribution < 1.29 is 19.1 Å². The number of hydrogen-bond donors (Lipinski definition) is 1. The van der Waals surface area contributed by atoms with E-state index in [0.29, 0.717) is 15.7 Å². The number of nitriles is 1. The molecule has 2 aromatic rings. The molecule has 0 aromatic heterocycles. The minimum absolute atomic E-state index is 0.103. The second-order valence-electron chi connectivity index (χ2n) is 5.31. The van der Waals surface area contributed by atoms with Crippen molar-refractivity contribution in [1.82, 2.24) is 0 Å². The van der Waals surface area contributed by atoms with Crippen molar-refractivity contribution in [3.63, 3.8) is 0 Å². The summed E-state index contributed by atoms with van der Waals surface area (Å²) >= 11 is 12.8. The summed E-state index contributed by atoms with van der Waals surface area (Å²) in [5.74, 6) is -0.853. The zero-order valence-electron chi connectivity index (χ0n) is 14.5. The largest absolute Gasteiger partial charge is 0.479 e. The van der Waals surface area contributed by atoms with E-state index in [9.17, 15) is 14.9 Å². The Morgan fingerprint density at radius 3 is 2.50 bits per heavy atom. The number of esters is 1. The van der Waals surface area contributed by atoms with Gasteiger partial charge in [-0.3, -0.25) is 4.79 Å². The standard InChI is InChI=1S/C19H13Br2ClN2O4/c1-27-17(25)10-28-18-15(21)7-11(8-16(18)22)6-12(9-23)19(26)24-14-4-2-13(20)3-5-14/h2-8H,10H2,1H3,(H,24,26)/b12-6-. The summed E-state index contributed by atoms with van der Waals surface area (Å²) in [7, 11) is 1.25. The zero-order valence-corrected chi connectivity index (χ0v) is 18.4. The van der Waals surface area contributed by atoms with E-state index in [0.717, 1.165) is 4.47 Å². The van der Waals surface area contributed by atoms with Crippen molar-refractivity contribution in [2.45, 2.75) is 0 Å². The number of nitrogens with one attached hydrogen (secondary N) is 1.